The average molecular weight is 255 g/mol. The summed E-state index contributed by atoms with van der Waals surface area (Å²) >= 11 is 0. The van der Waals surface area contributed by atoms with E-state index in [1.807, 2.05) is 0 Å². The molecule has 0 radical (unpaired) electrons. The van der Waals surface area contributed by atoms with E-state index in [0.29, 0.717) is 12.4 Å². The second-order valence-corrected chi connectivity index (χ2v) is 4.76. The summed E-state index contributed by atoms with van der Waals surface area (Å²) in [5.74, 6) is 0.360. The van der Waals surface area contributed by atoms with Crippen molar-refractivity contribution in [2.24, 2.45) is 0 Å². The van der Waals surface area contributed by atoms with Gasteiger partial charge in [-0.3, -0.25) is 9.78 Å². The number of aliphatic hydroxyl groups excluding tert-OH is 2. The van der Waals surface area contributed by atoms with Crippen LogP contribution in [-0.4, -0.2) is 44.5 Å². The largest absolute Gasteiger partial charge is 0.391 e. The molecular formula is C10H17N5O3. The fraction of sp³-hybridized carbons (Fsp3) is 0.600. The minimum Gasteiger partial charge on any atom is -0.391 e. The van der Waals surface area contributed by atoms with E-state index in [1.165, 1.54) is 6.92 Å². The zero-order valence-corrected chi connectivity index (χ0v) is 10.2. The number of nitrogens with two attached hydrogens (primary N) is 1. The zero-order valence-electron chi connectivity index (χ0n) is 10.2. The number of anilines is 3. The van der Waals surface area contributed by atoms with Gasteiger partial charge in [-0.2, -0.15) is 4.98 Å². The number of hydrogen-bond acceptors (Lipinski definition) is 7. The summed E-state index contributed by atoms with van der Waals surface area (Å²) in [6, 6.07) is 0. The molecule has 100 valence electrons. The Labute approximate surface area is 103 Å². The van der Waals surface area contributed by atoms with Crippen LogP contribution in [0.15, 0.2) is 4.79 Å². The molecule has 8 heteroatoms. The van der Waals surface area contributed by atoms with Crippen molar-refractivity contribution in [2.45, 2.75) is 31.6 Å². The maximum absolute atomic E-state index is 11.7. The van der Waals surface area contributed by atoms with Crippen LogP contribution in [0.3, 0.4) is 0 Å². The van der Waals surface area contributed by atoms with Crippen LogP contribution in [-0.2, 0) is 0 Å². The summed E-state index contributed by atoms with van der Waals surface area (Å²) in [4.78, 5) is 18.1. The Balaban J connectivity index is 2.38. The van der Waals surface area contributed by atoms with E-state index in [2.05, 4.69) is 20.6 Å². The van der Waals surface area contributed by atoms with Crippen LogP contribution in [0.2, 0.25) is 0 Å². The number of nitrogen functional groups attached to an aromatic ring is 1. The van der Waals surface area contributed by atoms with Crippen molar-refractivity contribution in [1.29, 1.82) is 0 Å². The van der Waals surface area contributed by atoms with E-state index >= 15 is 0 Å². The van der Waals surface area contributed by atoms with E-state index in [0.717, 1.165) is 0 Å². The maximum Gasteiger partial charge on any atom is 0.277 e. The maximum atomic E-state index is 11.7. The lowest BCUT2D eigenvalue weighted by Crippen LogP contribution is -2.58. The Hall–Kier alpha value is -1.80. The van der Waals surface area contributed by atoms with E-state index in [-0.39, 0.29) is 11.6 Å². The van der Waals surface area contributed by atoms with Crippen LogP contribution in [0, 0.1) is 0 Å². The van der Waals surface area contributed by atoms with Crippen molar-refractivity contribution in [1.82, 2.24) is 9.97 Å². The fourth-order valence-electron chi connectivity index (χ4n) is 2.04. The molecule has 3 atom stereocenters. The molecule has 0 amide bonds. The molecule has 1 unspecified atom stereocenters. The predicted molar refractivity (Wildman–Crippen MR) is 67.5 cm³/mol. The van der Waals surface area contributed by atoms with E-state index in [1.54, 1.807) is 6.92 Å². The van der Waals surface area contributed by atoms with Crippen LogP contribution < -0.4 is 21.9 Å². The molecule has 1 aromatic heterocycles. The van der Waals surface area contributed by atoms with Crippen LogP contribution in [0.25, 0.3) is 0 Å². The first-order chi connectivity index (χ1) is 8.33. The van der Waals surface area contributed by atoms with Crippen molar-refractivity contribution >= 4 is 17.5 Å². The summed E-state index contributed by atoms with van der Waals surface area (Å²) < 4.78 is 0. The number of rotatable bonds is 2. The van der Waals surface area contributed by atoms with Crippen molar-refractivity contribution < 1.29 is 10.2 Å². The monoisotopic (exact) mass is 255 g/mol. The number of aromatic nitrogens is 2. The molecule has 0 aliphatic carbocycles. The molecule has 18 heavy (non-hydrogen) atoms. The summed E-state index contributed by atoms with van der Waals surface area (Å²) in [5.41, 5.74) is 4.35. The summed E-state index contributed by atoms with van der Waals surface area (Å²) in [7, 11) is 0. The van der Waals surface area contributed by atoms with E-state index in [4.69, 9.17) is 5.73 Å². The van der Waals surface area contributed by atoms with Gasteiger partial charge in [-0.25, -0.2) is 0 Å². The molecule has 0 saturated heterocycles. The van der Waals surface area contributed by atoms with Gasteiger partial charge in [-0.1, -0.05) is 0 Å². The van der Waals surface area contributed by atoms with Gasteiger partial charge >= 0.3 is 0 Å². The third-order valence-electron chi connectivity index (χ3n) is 3.08. The number of aliphatic hydroxyl groups is 2. The Bertz CT molecular complexity index is 515. The molecule has 0 spiro atoms. The Morgan fingerprint density at radius 1 is 1.50 bits per heavy atom. The standard InChI is InChI=1S/C10H17N5O3/c1-4(16)6(17)10(2)3-12-7-5(15-10)8(18)14-9(11)13-7/h4,6,15-17H,3H2,1-2H3,(H4,11,12,13,14,18)/t4-,6+,10?/m0/s1. The zero-order chi connectivity index (χ0) is 13.5. The highest BCUT2D eigenvalue weighted by atomic mass is 16.3. The Morgan fingerprint density at radius 2 is 2.17 bits per heavy atom. The van der Waals surface area contributed by atoms with Crippen LogP contribution in [0.4, 0.5) is 17.5 Å². The Morgan fingerprint density at radius 3 is 2.78 bits per heavy atom. The minimum atomic E-state index is -1.03. The number of H-pyrrole nitrogens is 1. The fourth-order valence-corrected chi connectivity index (χ4v) is 2.04. The highest BCUT2D eigenvalue weighted by Gasteiger charge is 2.40. The SMILES string of the molecule is C[C@H](O)[C@@H](O)C1(C)CNc2nc(N)[nH]c(=O)c2N1. The predicted octanol–water partition coefficient (Wildman–Crippen LogP) is -1.31. The lowest BCUT2D eigenvalue weighted by atomic mass is 9.89. The van der Waals surface area contributed by atoms with Gasteiger partial charge in [0.1, 0.15) is 11.8 Å². The van der Waals surface area contributed by atoms with Gasteiger partial charge in [0.2, 0.25) is 5.95 Å². The van der Waals surface area contributed by atoms with Crippen LogP contribution >= 0.6 is 0 Å². The molecule has 1 aliphatic rings. The number of fused-ring (bicyclic) bond motifs is 1. The molecule has 0 fully saturated rings. The van der Waals surface area contributed by atoms with Crippen molar-refractivity contribution in [3.05, 3.63) is 10.4 Å². The molecule has 0 saturated carbocycles. The van der Waals surface area contributed by atoms with Crippen molar-refractivity contribution in [3.8, 4) is 0 Å². The number of nitrogens with one attached hydrogen (secondary N) is 3. The van der Waals surface area contributed by atoms with Crippen molar-refractivity contribution in [3.63, 3.8) is 0 Å². The summed E-state index contributed by atoms with van der Waals surface area (Å²) in [5, 5.41) is 25.3. The van der Waals surface area contributed by atoms with Gasteiger partial charge in [0.05, 0.1) is 11.6 Å². The molecule has 2 rings (SSSR count). The first-order valence-electron chi connectivity index (χ1n) is 5.61. The van der Waals surface area contributed by atoms with Gasteiger partial charge in [0.25, 0.3) is 5.56 Å². The minimum absolute atomic E-state index is 0.0210. The normalized spacial score (nSPS) is 25.6. The first-order valence-corrected chi connectivity index (χ1v) is 5.61. The average Bonchev–Trinajstić information content (AvgIpc) is 2.29. The highest BCUT2D eigenvalue weighted by molar-refractivity contribution is 5.68. The third kappa shape index (κ3) is 2.00. The molecule has 1 aliphatic heterocycles. The van der Waals surface area contributed by atoms with Gasteiger partial charge in [0, 0.05) is 6.54 Å². The van der Waals surface area contributed by atoms with Gasteiger partial charge in [-0.15, -0.1) is 0 Å². The second kappa shape index (κ2) is 4.14. The summed E-state index contributed by atoms with van der Waals surface area (Å²) in [6.45, 7) is 3.50. The second-order valence-electron chi connectivity index (χ2n) is 4.76. The molecule has 1 aromatic rings. The van der Waals surface area contributed by atoms with Crippen LogP contribution in [0.5, 0.6) is 0 Å². The van der Waals surface area contributed by atoms with Crippen LogP contribution in [0.1, 0.15) is 13.8 Å². The van der Waals surface area contributed by atoms with E-state index < -0.39 is 23.3 Å². The van der Waals surface area contributed by atoms with E-state index in [9.17, 15) is 15.0 Å². The van der Waals surface area contributed by atoms with Gasteiger partial charge in [0.15, 0.2) is 5.82 Å². The van der Waals surface area contributed by atoms with Crippen molar-refractivity contribution in [2.75, 3.05) is 22.9 Å². The quantitative estimate of drug-likeness (QED) is 0.386. The molecule has 0 bridgehead atoms. The smallest absolute Gasteiger partial charge is 0.277 e. The molecule has 7 N–H and O–H groups in total. The Kier molecular flexibility index (Phi) is 2.91. The lowest BCUT2D eigenvalue weighted by molar-refractivity contribution is -0.00459. The molecule has 8 nitrogen and oxygen atoms in total. The number of nitrogens with zero attached hydrogens (tertiary/aromatic N) is 1. The highest BCUT2D eigenvalue weighted by Crippen LogP contribution is 2.28. The lowest BCUT2D eigenvalue weighted by Gasteiger charge is -2.41. The number of aromatic amines is 1. The van der Waals surface area contributed by atoms with Gasteiger partial charge < -0.3 is 26.6 Å². The topological polar surface area (TPSA) is 136 Å². The molecule has 0 aromatic carbocycles. The molecule has 2 heterocycles. The molecular weight excluding hydrogens is 238 g/mol. The summed E-state index contributed by atoms with van der Waals surface area (Å²) in [6.07, 6.45) is -1.96. The first kappa shape index (κ1) is 12.7. The van der Waals surface area contributed by atoms with Gasteiger partial charge in [-0.05, 0) is 13.8 Å². The number of hydrogen-bond donors (Lipinski definition) is 6. The third-order valence-corrected chi connectivity index (χ3v) is 3.08.